The van der Waals surface area contributed by atoms with Crippen LogP contribution < -0.4 is 10.2 Å². The van der Waals surface area contributed by atoms with Crippen molar-refractivity contribution in [2.24, 2.45) is 5.92 Å². The summed E-state index contributed by atoms with van der Waals surface area (Å²) >= 11 is 0. The second-order valence-corrected chi connectivity index (χ2v) is 4.13. The van der Waals surface area contributed by atoms with Gasteiger partial charge in [0.25, 0.3) is 0 Å². The number of nitrogens with zero attached hydrogens (tertiary/aromatic N) is 1. The van der Waals surface area contributed by atoms with Crippen LogP contribution in [0.4, 0.5) is 10.1 Å². The van der Waals surface area contributed by atoms with Crippen molar-refractivity contribution in [1.29, 1.82) is 0 Å². The molecule has 0 saturated carbocycles. The van der Waals surface area contributed by atoms with Crippen LogP contribution in [0.2, 0.25) is 0 Å². The summed E-state index contributed by atoms with van der Waals surface area (Å²) in [5, 5.41) is 3.20. The summed E-state index contributed by atoms with van der Waals surface area (Å²) in [4.78, 5) is 2.32. The summed E-state index contributed by atoms with van der Waals surface area (Å²) < 4.78 is 12.7. The lowest BCUT2D eigenvalue weighted by Gasteiger charge is -2.18. The van der Waals surface area contributed by atoms with E-state index in [4.69, 9.17) is 0 Å². The lowest BCUT2D eigenvalue weighted by molar-refractivity contribution is 0.549. The van der Waals surface area contributed by atoms with Crippen molar-refractivity contribution in [3.63, 3.8) is 0 Å². The Morgan fingerprint density at radius 3 is 2.80 bits per heavy atom. The summed E-state index contributed by atoms with van der Waals surface area (Å²) in [6.07, 6.45) is 1.22. The lowest BCUT2D eigenvalue weighted by atomic mass is 10.1. The molecule has 2 rings (SSSR count). The van der Waals surface area contributed by atoms with Gasteiger partial charge in [-0.3, -0.25) is 0 Å². The fourth-order valence-electron chi connectivity index (χ4n) is 2.17. The van der Waals surface area contributed by atoms with Crippen LogP contribution in [0, 0.1) is 11.7 Å². The molecule has 0 radical (unpaired) electrons. The number of halogens is 1. The third-order valence-electron chi connectivity index (χ3n) is 2.97. The first kappa shape index (κ1) is 10.4. The third-order valence-corrected chi connectivity index (χ3v) is 2.97. The molecule has 1 heterocycles. The van der Waals surface area contributed by atoms with Crippen molar-refractivity contribution >= 4 is 5.69 Å². The Balaban J connectivity index is 1.98. The predicted octanol–water partition coefficient (Wildman–Crippen LogP) is 1.87. The lowest BCUT2D eigenvalue weighted by Crippen LogP contribution is -2.24. The minimum atomic E-state index is -0.162. The Morgan fingerprint density at radius 1 is 1.40 bits per heavy atom. The highest BCUT2D eigenvalue weighted by atomic mass is 19.1. The smallest absolute Gasteiger partial charge is 0.123 e. The van der Waals surface area contributed by atoms with Gasteiger partial charge in [-0.15, -0.1) is 0 Å². The second-order valence-electron chi connectivity index (χ2n) is 4.13. The molecule has 1 N–H and O–H groups in total. The van der Waals surface area contributed by atoms with Crippen LogP contribution in [0.3, 0.4) is 0 Å². The maximum Gasteiger partial charge on any atom is 0.123 e. The van der Waals surface area contributed by atoms with E-state index >= 15 is 0 Å². The molecule has 1 unspecified atom stereocenters. The van der Waals surface area contributed by atoms with Crippen LogP contribution in [-0.4, -0.2) is 26.7 Å². The molecule has 15 heavy (non-hydrogen) atoms. The molecule has 1 aromatic carbocycles. The Hall–Kier alpha value is -1.09. The number of benzene rings is 1. The fourth-order valence-corrected chi connectivity index (χ4v) is 2.17. The normalized spacial score (nSPS) is 20.9. The van der Waals surface area contributed by atoms with Crippen LogP contribution in [0.5, 0.6) is 0 Å². The van der Waals surface area contributed by atoms with Gasteiger partial charge in [-0.2, -0.15) is 0 Å². The van der Waals surface area contributed by atoms with Gasteiger partial charge >= 0.3 is 0 Å². The Morgan fingerprint density at radius 2 is 2.13 bits per heavy atom. The van der Waals surface area contributed by atoms with Gasteiger partial charge in [0.1, 0.15) is 5.82 Å². The van der Waals surface area contributed by atoms with E-state index in [0.717, 1.165) is 31.2 Å². The monoisotopic (exact) mass is 208 g/mol. The maximum absolute atomic E-state index is 12.7. The van der Waals surface area contributed by atoms with Crippen molar-refractivity contribution in [3.8, 4) is 0 Å². The summed E-state index contributed by atoms with van der Waals surface area (Å²) in [6, 6.07) is 6.77. The minimum absolute atomic E-state index is 0.162. The topological polar surface area (TPSA) is 15.3 Å². The summed E-state index contributed by atoms with van der Waals surface area (Å²) in [6.45, 7) is 3.22. The van der Waals surface area contributed by atoms with E-state index in [0.29, 0.717) is 0 Å². The van der Waals surface area contributed by atoms with E-state index in [2.05, 4.69) is 10.2 Å². The standard InChI is InChI=1S/C12H17FN2/c1-14-8-10-6-7-15(9-10)12-4-2-11(13)3-5-12/h2-5,10,14H,6-9H2,1H3. The number of hydrogen-bond donors (Lipinski definition) is 1. The zero-order valence-corrected chi connectivity index (χ0v) is 9.04. The average molecular weight is 208 g/mol. The fraction of sp³-hybridized carbons (Fsp3) is 0.500. The Bertz CT molecular complexity index is 310. The summed E-state index contributed by atoms with van der Waals surface area (Å²) in [5.74, 6) is 0.560. The first-order valence-electron chi connectivity index (χ1n) is 5.44. The molecule has 3 heteroatoms. The highest BCUT2D eigenvalue weighted by Crippen LogP contribution is 2.23. The molecule has 0 aliphatic carbocycles. The van der Waals surface area contributed by atoms with Crippen LogP contribution in [0.25, 0.3) is 0 Å². The highest BCUT2D eigenvalue weighted by molar-refractivity contribution is 5.47. The van der Waals surface area contributed by atoms with Crippen LogP contribution >= 0.6 is 0 Å². The molecular weight excluding hydrogens is 191 g/mol. The molecule has 1 aromatic rings. The molecule has 82 valence electrons. The SMILES string of the molecule is CNCC1CCN(c2ccc(F)cc2)C1. The first-order chi connectivity index (χ1) is 7.29. The van der Waals surface area contributed by atoms with Gasteiger partial charge in [-0.05, 0) is 50.2 Å². The largest absolute Gasteiger partial charge is 0.371 e. The van der Waals surface area contributed by atoms with Crippen LogP contribution in [0.1, 0.15) is 6.42 Å². The average Bonchev–Trinajstić information content (AvgIpc) is 2.68. The predicted molar refractivity (Wildman–Crippen MR) is 60.6 cm³/mol. The molecule has 0 amide bonds. The molecule has 0 bridgehead atoms. The van der Waals surface area contributed by atoms with E-state index in [1.54, 1.807) is 0 Å². The van der Waals surface area contributed by atoms with Gasteiger partial charge in [0.15, 0.2) is 0 Å². The zero-order chi connectivity index (χ0) is 10.7. The maximum atomic E-state index is 12.7. The summed E-state index contributed by atoms with van der Waals surface area (Å²) in [5.41, 5.74) is 1.13. The third kappa shape index (κ3) is 2.48. The van der Waals surface area contributed by atoms with E-state index < -0.39 is 0 Å². The zero-order valence-electron chi connectivity index (χ0n) is 9.04. The van der Waals surface area contributed by atoms with Crippen molar-refractivity contribution < 1.29 is 4.39 Å². The number of nitrogens with one attached hydrogen (secondary N) is 1. The number of anilines is 1. The van der Waals surface area contributed by atoms with Gasteiger partial charge in [0.05, 0.1) is 0 Å². The first-order valence-corrected chi connectivity index (χ1v) is 5.44. The second kappa shape index (κ2) is 4.62. The van der Waals surface area contributed by atoms with Gasteiger partial charge in [0, 0.05) is 18.8 Å². The Labute approximate surface area is 90.1 Å². The van der Waals surface area contributed by atoms with Gasteiger partial charge in [0.2, 0.25) is 0 Å². The molecular formula is C12H17FN2. The molecule has 1 aliphatic heterocycles. The number of hydrogen-bond acceptors (Lipinski definition) is 2. The van der Waals surface area contributed by atoms with Crippen LogP contribution in [0.15, 0.2) is 24.3 Å². The minimum Gasteiger partial charge on any atom is -0.371 e. The van der Waals surface area contributed by atoms with Crippen molar-refractivity contribution in [3.05, 3.63) is 30.1 Å². The van der Waals surface area contributed by atoms with Gasteiger partial charge in [-0.25, -0.2) is 4.39 Å². The molecule has 0 aromatic heterocycles. The molecule has 0 spiro atoms. The highest BCUT2D eigenvalue weighted by Gasteiger charge is 2.21. The van der Waals surface area contributed by atoms with Gasteiger partial charge in [-0.1, -0.05) is 0 Å². The van der Waals surface area contributed by atoms with Gasteiger partial charge < -0.3 is 10.2 Å². The molecule has 1 atom stereocenters. The van der Waals surface area contributed by atoms with Crippen LogP contribution in [-0.2, 0) is 0 Å². The van der Waals surface area contributed by atoms with E-state index in [1.807, 2.05) is 19.2 Å². The Kier molecular flexibility index (Phi) is 3.21. The van der Waals surface area contributed by atoms with Crippen molar-refractivity contribution in [2.45, 2.75) is 6.42 Å². The quantitative estimate of drug-likeness (QED) is 0.815. The van der Waals surface area contributed by atoms with Crippen molar-refractivity contribution in [2.75, 3.05) is 31.6 Å². The number of rotatable bonds is 3. The summed E-state index contributed by atoms with van der Waals surface area (Å²) in [7, 11) is 1.99. The van der Waals surface area contributed by atoms with E-state index in [9.17, 15) is 4.39 Å². The molecule has 2 nitrogen and oxygen atoms in total. The molecule has 1 fully saturated rings. The van der Waals surface area contributed by atoms with E-state index in [1.165, 1.54) is 18.6 Å². The van der Waals surface area contributed by atoms with Crippen molar-refractivity contribution in [1.82, 2.24) is 5.32 Å². The molecule has 1 saturated heterocycles. The molecule has 1 aliphatic rings. The van der Waals surface area contributed by atoms with E-state index in [-0.39, 0.29) is 5.82 Å².